The van der Waals surface area contributed by atoms with Gasteiger partial charge in [0.05, 0.1) is 0 Å². The van der Waals surface area contributed by atoms with Gasteiger partial charge in [-0.2, -0.15) is 0 Å². The SMILES string of the molecule is CC(C)(C)OC(=O)Nc1ccc2c(c1)C(=O)C(=O)c1ccccc1-2. The van der Waals surface area contributed by atoms with Crippen LogP contribution in [0.5, 0.6) is 0 Å². The van der Waals surface area contributed by atoms with Crippen molar-refractivity contribution in [2.75, 3.05) is 5.32 Å². The summed E-state index contributed by atoms with van der Waals surface area (Å²) in [6.07, 6.45) is -0.613. The lowest BCUT2D eigenvalue weighted by atomic mass is 9.84. The van der Waals surface area contributed by atoms with E-state index in [2.05, 4.69) is 5.32 Å². The van der Waals surface area contributed by atoms with Crippen molar-refractivity contribution >= 4 is 23.3 Å². The Morgan fingerprint density at radius 1 is 0.875 bits per heavy atom. The highest BCUT2D eigenvalue weighted by Crippen LogP contribution is 2.34. The summed E-state index contributed by atoms with van der Waals surface area (Å²) in [4.78, 5) is 36.4. The number of benzene rings is 2. The van der Waals surface area contributed by atoms with Crippen molar-refractivity contribution in [2.24, 2.45) is 0 Å². The van der Waals surface area contributed by atoms with Gasteiger partial charge in [-0.3, -0.25) is 14.9 Å². The average molecular weight is 323 g/mol. The maximum Gasteiger partial charge on any atom is 0.412 e. The van der Waals surface area contributed by atoms with Gasteiger partial charge >= 0.3 is 6.09 Å². The summed E-state index contributed by atoms with van der Waals surface area (Å²) < 4.78 is 5.19. The summed E-state index contributed by atoms with van der Waals surface area (Å²) in [5.74, 6) is -1.11. The molecule has 5 heteroatoms. The molecular weight excluding hydrogens is 306 g/mol. The third kappa shape index (κ3) is 2.93. The molecule has 2 aromatic carbocycles. The molecule has 2 aromatic rings. The van der Waals surface area contributed by atoms with E-state index in [-0.39, 0.29) is 5.56 Å². The predicted molar refractivity (Wildman–Crippen MR) is 90.4 cm³/mol. The van der Waals surface area contributed by atoms with Crippen LogP contribution in [0, 0.1) is 0 Å². The molecule has 0 aromatic heterocycles. The molecule has 3 rings (SSSR count). The zero-order valence-electron chi connectivity index (χ0n) is 13.7. The predicted octanol–water partition coefficient (Wildman–Crippen LogP) is 4.08. The minimum absolute atomic E-state index is 0.284. The van der Waals surface area contributed by atoms with Gasteiger partial charge in [-0.15, -0.1) is 0 Å². The molecule has 0 aliphatic heterocycles. The molecule has 0 spiro atoms. The number of hydrogen-bond acceptors (Lipinski definition) is 4. The Morgan fingerprint density at radius 2 is 1.46 bits per heavy atom. The molecule has 1 aliphatic rings. The van der Waals surface area contributed by atoms with Gasteiger partial charge in [0, 0.05) is 16.8 Å². The second-order valence-corrected chi connectivity index (χ2v) is 6.59. The van der Waals surface area contributed by atoms with Gasteiger partial charge in [0.25, 0.3) is 0 Å². The number of hydrogen-bond donors (Lipinski definition) is 1. The smallest absolute Gasteiger partial charge is 0.412 e. The van der Waals surface area contributed by atoms with Crippen molar-refractivity contribution in [1.29, 1.82) is 0 Å². The summed E-state index contributed by atoms with van der Waals surface area (Å²) in [6.45, 7) is 5.29. The van der Waals surface area contributed by atoms with E-state index >= 15 is 0 Å². The number of carbonyl (C=O) groups excluding carboxylic acids is 3. The Labute approximate surface area is 139 Å². The fourth-order valence-corrected chi connectivity index (χ4v) is 2.63. The summed E-state index contributed by atoms with van der Waals surface area (Å²) in [7, 11) is 0. The summed E-state index contributed by atoms with van der Waals surface area (Å²) in [6, 6.07) is 11.9. The standard InChI is InChI=1S/C19H17NO4/c1-19(2,3)24-18(23)20-11-8-9-13-12-6-4-5-7-14(12)16(21)17(22)15(13)10-11/h4-10H,1-3H3,(H,20,23). The number of rotatable bonds is 1. The van der Waals surface area contributed by atoms with Crippen LogP contribution in [0.15, 0.2) is 42.5 Å². The highest BCUT2D eigenvalue weighted by molar-refractivity contribution is 6.53. The van der Waals surface area contributed by atoms with Crippen LogP contribution in [-0.2, 0) is 4.74 Å². The van der Waals surface area contributed by atoms with E-state index in [0.29, 0.717) is 16.8 Å². The average Bonchev–Trinajstić information content (AvgIpc) is 2.50. The van der Waals surface area contributed by atoms with E-state index in [1.807, 2.05) is 6.07 Å². The van der Waals surface area contributed by atoms with Crippen LogP contribution < -0.4 is 5.32 Å². The Morgan fingerprint density at radius 3 is 2.12 bits per heavy atom. The summed E-state index contributed by atoms with van der Waals surface area (Å²) >= 11 is 0. The van der Waals surface area contributed by atoms with Gasteiger partial charge in [0.2, 0.25) is 11.6 Å². The fourth-order valence-electron chi connectivity index (χ4n) is 2.63. The lowest BCUT2D eigenvalue weighted by Crippen LogP contribution is -2.27. The van der Waals surface area contributed by atoms with Crippen LogP contribution >= 0.6 is 0 Å². The van der Waals surface area contributed by atoms with Crippen LogP contribution in [0.4, 0.5) is 10.5 Å². The zero-order chi connectivity index (χ0) is 17.5. The van der Waals surface area contributed by atoms with Crippen LogP contribution in [-0.4, -0.2) is 23.3 Å². The first kappa shape index (κ1) is 15.9. The molecule has 0 bridgehead atoms. The largest absolute Gasteiger partial charge is 0.444 e. The third-order valence-electron chi connectivity index (χ3n) is 3.58. The van der Waals surface area contributed by atoms with Gasteiger partial charge in [-0.1, -0.05) is 30.3 Å². The normalized spacial score (nSPS) is 13.1. The maximum absolute atomic E-state index is 12.4. The molecule has 0 saturated carbocycles. The lowest BCUT2D eigenvalue weighted by molar-refractivity contribution is 0.0635. The third-order valence-corrected chi connectivity index (χ3v) is 3.58. The number of carbonyl (C=O) groups is 3. The molecule has 0 saturated heterocycles. The number of ether oxygens (including phenoxy) is 1. The molecule has 0 unspecified atom stereocenters. The van der Waals surface area contributed by atoms with Crippen molar-refractivity contribution in [1.82, 2.24) is 0 Å². The van der Waals surface area contributed by atoms with Crippen LogP contribution in [0.1, 0.15) is 41.5 Å². The minimum Gasteiger partial charge on any atom is -0.444 e. The fraction of sp³-hybridized carbons (Fsp3) is 0.211. The Balaban J connectivity index is 1.96. The number of amides is 1. The number of fused-ring (bicyclic) bond motifs is 3. The summed E-state index contributed by atoms with van der Waals surface area (Å²) in [5, 5.41) is 2.58. The first-order chi connectivity index (χ1) is 11.3. The lowest BCUT2D eigenvalue weighted by Gasteiger charge is -2.21. The van der Waals surface area contributed by atoms with Gasteiger partial charge in [-0.05, 0) is 44.0 Å². The van der Waals surface area contributed by atoms with E-state index in [9.17, 15) is 14.4 Å². The molecule has 24 heavy (non-hydrogen) atoms. The monoisotopic (exact) mass is 323 g/mol. The maximum atomic E-state index is 12.4. The van der Waals surface area contributed by atoms with Crippen LogP contribution in [0.2, 0.25) is 0 Å². The molecule has 1 amide bonds. The number of nitrogens with one attached hydrogen (secondary N) is 1. The molecule has 1 aliphatic carbocycles. The van der Waals surface area contributed by atoms with Gasteiger partial charge in [0.15, 0.2) is 0 Å². The number of anilines is 1. The van der Waals surface area contributed by atoms with Crippen molar-refractivity contribution in [3.05, 3.63) is 53.6 Å². The van der Waals surface area contributed by atoms with E-state index in [0.717, 1.165) is 5.56 Å². The van der Waals surface area contributed by atoms with Crippen molar-refractivity contribution in [3.63, 3.8) is 0 Å². The molecular formula is C19H17NO4. The number of ketones is 2. The molecule has 122 valence electrons. The van der Waals surface area contributed by atoms with Gasteiger partial charge < -0.3 is 4.74 Å². The summed E-state index contributed by atoms with van der Waals surface area (Å²) in [5.41, 5.74) is 1.88. The van der Waals surface area contributed by atoms with E-state index in [1.165, 1.54) is 6.07 Å². The van der Waals surface area contributed by atoms with Gasteiger partial charge in [-0.25, -0.2) is 4.79 Å². The molecule has 0 atom stereocenters. The molecule has 0 radical (unpaired) electrons. The topological polar surface area (TPSA) is 72.5 Å². The van der Waals surface area contributed by atoms with Crippen LogP contribution in [0.25, 0.3) is 11.1 Å². The zero-order valence-corrected chi connectivity index (χ0v) is 13.7. The van der Waals surface area contributed by atoms with Crippen LogP contribution in [0.3, 0.4) is 0 Å². The van der Waals surface area contributed by atoms with Gasteiger partial charge in [0.1, 0.15) is 5.60 Å². The Bertz CT molecular complexity index is 862. The first-order valence-corrected chi connectivity index (χ1v) is 7.59. The molecule has 1 N–H and O–H groups in total. The first-order valence-electron chi connectivity index (χ1n) is 7.59. The van der Waals surface area contributed by atoms with E-state index in [1.54, 1.807) is 51.1 Å². The molecule has 5 nitrogen and oxygen atoms in total. The molecule has 0 fully saturated rings. The van der Waals surface area contributed by atoms with Crippen molar-refractivity contribution in [2.45, 2.75) is 26.4 Å². The Hall–Kier alpha value is -2.95. The molecule has 0 heterocycles. The quantitative estimate of drug-likeness (QED) is 0.803. The second-order valence-electron chi connectivity index (χ2n) is 6.59. The number of Topliss-reactive ketones (excluding diaryl/α,β-unsaturated/α-hetero) is 2. The Kier molecular flexibility index (Phi) is 3.72. The highest BCUT2D eigenvalue weighted by atomic mass is 16.6. The van der Waals surface area contributed by atoms with E-state index < -0.39 is 23.3 Å². The van der Waals surface area contributed by atoms with Crippen molar-refractivity contribution < 1.29 is 19.1 Å². The minimum atomic E-state index is -0.622. The second kappa shape index (κ2) is 5.60. The highest BCUT2D eigenvalue weighted by Gasteiger charge is 2.30. The van der Waals surface area contributed by atoms with Crippen molar-refractivity contribution in [3.8, 4) is 11.1 Å². The van der Waals surface area contributed by atoms with E-state index in [4.69, 9.17) is 4.74 Å².